The molecule has 0 amide bonds. The third-order valence-electron chi connectivity index (χ3n) is 1.67. The molecule has 0 aliphatic rings. The lowest BCUT2D eigenvalue weighted by molar-refractivity contribution is 0.701. The highest BCUT2D eigenvalue weighted by atomic mass is 15.3. The van der Waals surface area contributed by atoms with Crippen LogP contribution >= 0.6 is 0 Å². The lowest BCUT2D eigenvalue weighted by Crippen LogP contribution is -1.97. The van der Waals surface area contributed by atoms with Crippen LogP contribution in [0.2, 0.25) is 0 Å². The molecule has 0 unspecified atom stereocenters. The number of anilines is 1. The molecule has 0 aliphatic heterocycles. The highest BCUT2D eigenvalue weighted by molar-refractivity contribution is 5.35. The van der Waals surface area contributed by atoms with E-state index in [1.807, 2.05) is 17.8 Å². The molecule has 1 heterocycles. The molecule has 0 aromatic carbocycles. The van der Waals surface area contributed by atoms with Crippen molar-refractivity contribution in [3.8, 4) is 0 Å². The van der Waals surface area contributed by atoms with Crippen molar-refractivity contribution in [1.82, 2.24) is 9.78 Å². The van der Waals surface area contributed by atoms with E-state index in [9.17, 15) is 0 Å². The summed E-state index contributed by atoms with van der Waals surface area (Å²) in [6.45, 7) is 6.90. The number of hydrogen-bond acceptors (Lipinski definition) is 2. The normalized spacial score (nSPS) is 9.92. The summed E-state index contributed by atoms with van der Waals surface area (Å²) < 4.78 is 1.84. The van der Waals surface area contributed by atoms with Crippen LogP contribution in [-0.2, 0) is 6.54 Å². The van der Waals surface area contributed by atoms with Gasteiger partial charge >= 0.3 is 0 Å². The highest BCUT2D eigenvalue weighted by Gasteiger charge is 1.97. The average molecular weight is 165 g/mol. The van der Waals surface area contributed by atoms with Crippen LogP contribution in [0, 0.1) is 6.92 Å². The Morgan fingerprint density at radius 1 is 1.67 bits per heavy atom. The van der Waals surface area contributed by atoms with Gasteiger partial charge in [-0.05, 0) is 20.8 Å². The lowest BCUT2D eigenvalue weighted by atomic mass is 10.3. The topological polar surface area (TPSA) is 43.8 Å². The van der Waals surface area contributed by atoms with Gasteiger partial charge in [-0.15, -0.1) is 0 Å². The van der Waals surface area contributed by atoms with Gasteiger partial charge in [0.1, 0.15) is 5.82 Å². The largest absolute Gasteiger partial charge is 0.382 e. The second kappa shape index (κ2) is 3.43. The minimum atomic E-state index is 0.622. The van der Waals surface area contributed by atoms with Crippen LogP contribution in [0.5, 0.6) is 0 Å². The van der Waals surface area contributed by atoms with E-state index in [2.05, 4.69) is 25.0 Å². The van der Waals surface area contributed by atoms with Crippen molar-refractivity contribution < 1.29 is 0 Å². The van der Waals surface area contributed by atoms with Crippen molar-refractivity contribution in [2.45, 2.75) is 27.3 Å². The predicted octanol–water partition coefficient (Wildman–Crippen LogP) is 1.74. The number of hydrogen-bond donors (Lipinski definition) is 1. The quantitative estimate of drug-likeness (QED) is 0.678. The molecule has 0 radical (unpaired) electrons. The van der Waals surface area contributed by atoms with E-state index >= 15 is 0 Å². The summed E-state index contributed by atoms with van der Waals surface area (Å²) in [6.07, 6.45) is 4.07. The van der Waals surface area contributed by atoms with E-state index in [0.717, 1.165) is 12.1 Å². The molecule has 1 aromatic rings. The fraction of sp³-hybridized carbons (Fsp3) is 0.444. The number of aryl methyl sites for hydroxylation is 1. The molecule has 1 rings (SSSR count). The Kier molecular flexibility index (Phi) is 2.53. The second-order valence-corrected chi connectivity index (χ2v) is 3.20. The first-order chi connectivity index (χ1) is 5.59. The van der Waals surface area contributed by atoms with Gasteiger partial charge < -0.3 is 5.73 Å². The van der Waals surface area contributed by atoms with Gasteiger partial charge in [-0.1, -0.05) is 11.6 Å². The van der Waals surface area contributed by atoms with Gasteiger partial charge in [0, 0.05) is 11.8 Å². The van der Waals surface area contributed by atoms with E-state index in [-0.39, 0.29) is 0 Å². The molecule has 12 heavy (non-hydrogen) atoms. The van der Waals surface area contributed by atoms with E-state index in [1.54, 1.807) is 0 Å². The third kappa shape index (κ3) is 2.12. The molecular formula is C9H15N3. The molecular weight excluding hydrogens is 150 g/mol. The number of nitrogens with two attached hydrogens (primary N) is 1. The average Bonchev–Trinajstić information content (AvgIpc) is 2.28. The highest BCUT2D eigenvalue weighted by Crippen LogP contribution is 2.06. The Bertz CT molecular complexity index is 273. The maximum Gasteiger partial charge on any atom is 0.148 e. The standard InChI is InChI=1S/C9H15N3/c1-7(2)4-5-12-6-8(3)9(10)11-12/h4,6H,5H2,1-3H3,(H2,10,11). The Morgan fingerprint density at radius 2 is 2.33 bits per heavy atom. The van der Waals surface area contributed by atoms with Crippen LogP contribution in [0.25, 0.3) is 0 Å². The summed E-state index contributed by atoms with van der Waals surface area (Å²) in [5, 5.41) is 4.13. The Hall–Kier alpha value is -1.25. The summed E-state index contributed by atoms with van der Waals surface area (Å²) >= 11 is 0. The number of rotatable bonds is 2. The first-order valence-electron chi connectivity index (χ1n) is 4.02. The molecule has 0 aliphatic carbocycles. The second-order valence-electron chi connectivity index (χ2n) is 3.20. The zero-order valence-corrected chi connectivity index (χ0v) is 7.83. The molecule has 0 fully saturated rings. The maximum absolute atomic E-state index is 5.59. The molecule has 3 heteroatoms. The molecule has 0 saturated heterocycles. The molecule has 0 saturated carbocycles. The Labute approximate surface area is 72.9 Å². The van der Waals surface area contributed by atoms with Crippen LogP contribution in [0.1, 0.15) is 19.4 Å². The SMILES string of the molecule is CC(C)=CCn1cc(C)c(N)n1. The molecule has 66 valence electrons. The molecule has 2 N–H and O–H groups in total. The van der Waals surface area contributed by atoms with Gasteiger partial charge in [-0.3, -0.25) is 4.68 Å². The van der Waals surface area contributed by atoms with Crippen LogP contribution < -0.4 is 5.73 Å². The van der Waals surface area contributed by atoms with Gasteiger partial charge in [0.05, 0.1) is 6.54 Å². The molecule has 0 spiro atoms. The van der Waals surface area contributed by atoms with E-state index in [0.29, 0.717) is 5.82 Å². The van der Waals surface area contributed by atoms with Crippen LogP contribution in [0.4, 0.5) is 5.82 Å². The number of allylic oxidation sites excluding steroid dienone is 2. The fourth-order valence-electron chi connectivity index (χ4n) is 0.905. The van der Waals surface area contributed by atoms with E-state index < -0.39 is 0 Å². The first-order valence-corrected chi connectivity index (χ1v) is 4.02. The number of nitrogen functional groups attached to an aromatic ring is 1. The molecule has 0 atom stereocenters. The van der Waals surface area contributed by atoms with Crippen LogP contribution in [0.3, 0.4) is 0 Å². The van der Waals surface area contributed by atoms with Gasteiger partial charge in [0.2, 0.25) is 0 Å². The van der Waals surface area contributed by atoms with Gasteiger partial charge in [0.25, 0.3) is 0 Å². The summed E-state index contributed by atoms with van der Waals surface area (Å²) in [5.74, 6) is 0.622. The first kappa shape index (κ1) is 8.84. The number of aromatic nitrogens is 2. The molecule has 0 bridgehead atoms. The van der Waals surface area contributed by atoms with E-state index in [1.165, 1.54) is 5.57 Å². The lowest BCUT2D eigenvalue weighted by Gasteiger charge is -1.94. The molecule has 1 aromatic heterocycles. The fourth-order valence-corrected chi connectivity index (χ4v) is 0.905. The Balaban J connectivity index is 2.71. The Morgan fingerprint density at radius 3 is 2.75 bits per heavy atom. The monoisotopic (exact) mass is 165 g/mol. The predicted molar refractivity (Wildman–Crippen MR) is 50.8 cm³/mol. The summed E-state index contributed by atoms with van der Waals surface area (Å²) in [6, 6.07) is 0. The van der Waals surface area contributed by atoms with Crippen LogP contribution in [0.15, 0.2) is 17.8 Å². The van der Waals surface area contributed by atoms with Crippen molar-refractivity contribution in [2.24, 2.45) is 0 Å². The van der Waals surface area contributed by atoms with Gasteiger partial charge in [0.15, 0.2) is 0 Å². The third-order valence-corrected chi connectivity index (χ3v) is 1.67. The zero-order chi connectivity index (χ0) is 9.14. The summed E-state index contributed by atoms with van der Waals surface area (Å²) in [5.41, 5.74) is 7.93. The van der Waals surface area contributed by atoms with Gasteiger partial charge in [-0.2, -0.15) is 5.10 Å². The van der Waals surface area contributed by atoms with Crippen molar-refractivity contribution >= 4 is 5.82 Å². The van der Waals surface area contributed by atoms with Crippen LogP contribution in [-0.4, -0.2) is 9.78 Å². The van der Waals surface area contributed by atoms with Gasteiger partial charge in [-0.25, -0.2) is 0 Å². The van der Waals surface area contributed by atoms with E-state index in [4.69, 9.17) is 5.73 Å². The molecule has 3 nitrogen and oxygen atoms in total. The van der Waals surface area contributed by atoms with Crippen molar-refractivity contribution in [2.75, 3.05) is 5.73 Å². The van der Waals surface area contributed by atoms with Crippen molar-refractivity contribution in [3.63, 3.8) is 0 Å². The summed E-state index contributed by atoms with van der Waals surface area (Å²) in [7, 11) is 0. The summed E-state index contributed by atoms with van der Waals surface area (Å²) in [4.78, 5) is 0. The number of nitrogens with zero attached hydrogens (tertiary/aromatic N) is 2. The minimum Gasteiger partial charge on any atom is -0.382 e. The zero-order valence-electron chi connectivity index (χ0n) is 7.83. The smallest absolute Gasteiger partial charge is 0.148 e. The van der Waals surface area contributed by atoms with Crippen molar-refractivity contribution in [3.05, 3.63) is 23.4 Å². The minimum absolute atomic E-state index is 0.622. The van der Waals surface area contributed by atoms with Crippen molar-refractivity contribution in [1.29, 1.82) is 0 Å². The maximum atomic E-state index is 5.59.